The van der Waals surface area contributed by atoms with Crippen molar-refractivity contribution >= 4 is 45.0 Å². The topological polar surface area (TPSA) is 77.1 Å². The summed E-state index contributed by atoms with van der Waals surface area (Å²) in [5, 5.41) is 2.97. The van der Waals surface area contributed by atoms with Gasteiger partial charge in [0.25, 0.3) is 5.91 Å². The van der Waals surface area contributed by atoms with E-state index in [4.69, 9.17) is 17.3 Å². The molecule has 0 unspecified atom stereocenters. The average molecular weight is 371 g/mol. The molecule has 7 heteroatoms. The first-order chi connectivity index (χ1) is 9.92. The lowest BCUT2D eigenvalue weighted by atomic mass is 10.2. The summed E-state index contributed by atoms with van der Waals surface area (Å²) in [4.78, 5) is 23.5. The smallest absolute Gasteiger partial charge is 0.272 e. The summed E-state index contributed by atoms with van der Waals surface area (Å²) in [5.74, 6) is -0.920. The Morgan fingerprint density at radius 1 is 1.38 bits per heavy atom. The molecule has 0 bridgehead atoms. The fourth-order valence-corrected chi connectivity index (χ4v) is 2.59. The summed E-state index contributed by atoms with van der Waals surface area (Å²) in [7, 11) is 0. The molecule has 2 rings (SSSR count). The summed E-state index contributed by atoms with van der Waals surface area (Å²) in [5.41, 5.74) is 6.37. The number of aryl methyl sites for hydroxylation is 1. The van der Waals surface area contributed by atoms with Crippen molar-refractivity contribution in [2.24, 2.45) is 5.73 Å². The molecule has 2 aromatic rings. The Kier molecular flexibility index (Phi) is 4.69. The largest absolute Gasteiger partial charge is 0.366 e. The molecule has 110 valence electrons. The molecule has 1 aromatic carbocycles. The lowest BCUT2D eigenvalue weighted by Crippen LogP contribution is -2.17. The highest BCUT2D eigenvalue weighted by Crippen LogP contribution is 2.21. The van der Waals surface area contributed by atoms with Gasteiger partial charge in [0.15, 0.2) is 0 Å². The van der Waals surface area contributed by atoms with Gasteiger partial charge in [0, 0.05) is 22.9 Å². The van der Waals surface area contributed by atoms with Crippen molar-refractivity contribution in [2.75, 3.05) is 5.32 Å². The number of amides is 2. The minimum Gasteiger partial charge on any atom is -0.366 e. The second kappa shape index (κ2) is 6.32. The maximum atomic E-state index is 12.3. The number of hydrogen-bond acceptors (Lipinski definition) is 2. The van der Waals surface area contributed by atoms with Crippen LogP contribution in [0.25, 0.3) is 0 Å². The van der Waals surface area contributed by atoms with Crippen LogP contribution in [0.1, 0.15) is 27.8 Å². The van der Waals surface area contributed by atoms with E-state index >= 15 is 0 Å². The standard InChI is InChI=1S/C14H13BrClN3O2/c1-2-19-7-8(15)5-12(19)14(21)18-9-3-4-11(16)10(6-9)13(17)20/h3-7H,2H2,1H3,(H2,17,20)(H,18,21). The van der Waals surface area contributed by atoms with Gasteiger partial charge < -0.3 is 15.6 Å². The fraction of sp³-hybridized carbons (Fsp3) is 0.143. The minimum atomic E-state index is -0.643. The van der Waals surface area contributed by atoms with Crippen LogP contribution in [-0.2, 0) is 6.54 Å². The lowest BCUT2D eigenvalue weighted by molar-refractivity contribution is 0.0994. The molecule has 5 nitrogen and oxygen atoms in total. The fourth-order valence-electron chi connectivity index (χ4n) is 1.91. The maximum absolute atomic E-state index is 12.3. The molecule has 0 saturated carbocycles. The van der Waals surface area contributed by atoms with Crippen LogP contribution in [0, 0.1) is 0 Å². The molecule has 1 heterocycles. The summed E-state index contributed by atoms with van der Waals surface area (Å²) >= 11 is 9.21. The number of carbonyl (C=O) groups is 2. The molecule has 3 N–H and O–H groups in total. The Morgan fingerprint density at radius 2 is 2.10 bits per heavy atom. The Bertz CT molecular complexity index is 712. The van der Waals surface area contributed by atoms with Gasteiger partial charge in [-0.05, 0) is 47.1 Å². The zero-order chi connectivity index (χ0) is 15.6. The zero-order valence-electron chi connectivity index (χ0n) is 11.2. The maximum Gasteiger partial charge on any atom is 0.272 e. The number of aromatic nitrogens is 1. The molecular formula is C14H13BrClN3O2. The summed E-state index contributed by atoms with van der Waals surface area (Å²) in [6.07, 6.45) is 1.83. The van der Waals surface area contributed by atoms with E-state index < -0.39 is 5.91 Å². The van der Waals surface area contributed by atoms with Crippen molar-refractivity contribution in [3.05, 3.63) is 51.2 Å². The van der Waals surface area contributed by atoms with Gasteiger partial charge in [-0.15, -0.1) is 0 Å². The van der Waals surface area contributed by atoms with Crippen LogP contribution in [0.2, 0.25) is 5.02 Å². The zero-order valence-corrected chi connectivity index (χ0v) is 13.5. The second-order valence-electron chi connectivity index (χ2n) is 4.34. The van der Waals surface area contributed by atoms with E-state index in [2.05, 4.69) is 21.2 Å². The number of halogens is 2. The number of nitrogens with two attached hydrogens (primary N) is 1. The Hall–Kier alpha value is -1.79. The van der Waals surface area contributed by atoms with Gasteiger partial charge in [-0.2, -0.15) is 0 Å². The highest BCUT2D eigenvalue weighted by Gasteiger charge is 2.14. The molecule has 0 aliphatic carbocycles. The molecule has 1 aromatic heterocycles. The van der Waals surface area contributed by atoms with Gasteiger partial charge in [0.2, 0.25) is 5.91 Å². The predicted molar refractivity (Wildman–Crippen MR) is 85.7 cm³/mol. The first-order valence-corrected chi connectivity index (χ1v) is 7.36. The number of rotatable bonds is 4. The normalized spacial score (nSPS) is 10.4. The van der Waals surface area contributed by atoms with Crippen LogP contribution in [0.15, 0.2) is 34.9 Å². The van der Waals surface area contributed by atoms with E-state index in [-0.39, 0.29) is 16.5 Å². The van der Waals surface area contributed by atoms with Crippen LogP contribution in [0.3, 0.4) is 0 Å². The van der Waals surface area contributed by atoms with Crippen molar-refractivity contribution < 1.29 is 9.59 Å². The van der Waals surface area contributed by atoms with E-state index in [1.165, 1.54) is 12.1 Å². The molecule has 0 fully saturated rings. The molecular weight excluding hydrogens is 358 g/mol. The first-order valence-electron chi connectivity index (χ1n) is 6.18. The quantitative estimate of drug-likeness (QED) is 0.866. The van der Waals surface area contributed by atoms with Crippen LogP contribution < -0.4 is 11.1 Å². The molecule has 0 saturated heterocycles. The number of anilines is 1. The number of carbonyl (C=O) groups excluding carboxylic acids is 2. The number of primary amides is 1. The third kappa shape index (κ3) is 3.46. The third-order valence-electron chi connectivity index (χ3n) is 2.93. The molecule has 0 spiro atoms. The second-order valence-corrected chi connectivity index (χ2v) is 5.67. The van der Waals surface area contributed by atoms with Crippen molar-refractivity contribution in [1.82, 2.24) is 4.57 Å². The monoisotopic (exact) mass is 369 g/mol. The molecule has 21 heavy (non-hydrogen) atoms. The van der Waals surface area contributed by atoms with E-state index in [1.807, 2.05) is 17.7 Å². The van der Waals surface area contributed by atoms with Gasteiger partial charge in [0.1, 0.15) is 5.69 Å². The predicted octanol–water partition coefficient (Wildman–Crippen LogP) is 3.28. The molecule has 0 radical (unpaired) electrons. The first kappa shape index (κ1) is 15.6. The highest BCUT2D eigenvalue weighted by molar-refractivity contribution is 9.10. The van der Waals surface area contributed by atoms with Gasteiger partial charge in [-0.25, -0.2) is 0 Å². The summed E-state index contributed by atoms with van der Waals surface area (Å²) in [6, 6.07) is 6.31. The Morgan fingerprint density at radius 3 is 2.71 bits per heavy atom. The van der Waals surface area contributed by atoms with E-state index in [1.54, 1.807) is 12.1 Å². The number of hydrogen-bond donors (Lipinski definition) is 2. The number of nitrogens with one attached hydrogen (secondary N) is 1. The van der Waals surface area contributed by atoms with Crippen LogP contribution in [0.4, 0.5) is 5.69 Å². The summed E-state index contributed by atoms with van der Waals surface area (Å²) in [6.45, 7) is 2.61. The lowest BCUT2D eigenvalue weighted by Gasteiger charge is -2.09. The number of benzene rings is 1. The van der Waals surface area contributed by atoms with Crippen molar-refractivity contribution in [2.45, 2.75) is 13.5 Å². The highest BCUT2D eigenvalue weighted by atomic mass is 79.9. The molecule has 0 aliphatic heterocycles. The van der Waals surface area contributed by atoms with E-state index in [0.717, 1.165) is 4.47 Å². The molecule has 2 amide bonds. The van der Waals surface area contributed by atoms with Gasteiger partial charge in [-0.1, -0.05) is 11.6 Å². The minimum absolute atomic E-state index is 0.168. The van der Waals surface area contributed by atoms with E-state index in [9.17, 15) is 9.59 Å². The molecule has 0 atom stereocenters. The summed E-state index contributed by atoms with van der Waals surface area (Å²) < 4.78 is 2.63. The Labute approximate surface area is 135 Å². The van der Waals surface area contributed by atoms with Crippen molar-refractivity contribution in [3.63, 3.8) is 0 Å². The van der Waals surface area contributed by atoms with E-state index in [0.29, 0.717) is 17.9 Å². The van der Waals surface area contributed by atoms with Crippen molar-refractivity contribution in [3.8, 4) is 0 Å². The van der Waals surface area contributed by atoms with Gasteiger partial charge in [-0.3, -0.25) is 9.59 Å². The Balaban J connectivity index is 2.27. The van der Waals surface area contributed by atoms with Crippen LogP contribution in [0.5, 0.6) is 0 Å². The van der Waals surface area contributed by atoms with Crippen LogP contribution >= 0.6 is 27.5 Å². The SMILES string of the molecule is CCn1cc(Br)cc1C(=O)Nc1ccc(Cl)c(C(N)=O)c1. The van der Waals surface area contributed by atoms with Crippen molar-refractivity contribution in [1.29, 1.82) is 0 Å². The average Bonchev–Trinajstić information content (AvgIpc) is 2.82. The third-order valence-corrected chi connectivity index (χ3v) is 3.69. The van der Waals surface area contributed by atoms with Gasteiger partial charge in [0.05, 0.1) is 10.6 Å². The van der Waals surface area contributed by atoms with Gasteiger partial charge >= 0.3 is 0 Å². The van der Waals surface area contributed by atoms with Crippen LogP contribution in [-0.4, -0.2) is 16.4 Å². The number of nitrogens with zero attached hydrogens (tertiary/aromatic N) is 1. The molecule has 0 aliphatic rings.